The van der Waals surface area contributed by atoms with Gasteiger partial charge in [0.15, 0.2) is 12.0 Å². The molecule has 8 nitrogen and oxygen atoms in total. The van der Waals surface area contributed by atoms with Crippen LogP contribution in [-0.2, 0) is 9.59 Å². The second-order valence-corrected chi connectivity index (χ2v) is 5.77. The molecule has 24 heavy (non-hydrogen) atoms. The summed E-state index contributed by atoms with van der Waals surface area (Å²) >= 11 is 3.28. The van der Waals surface area contributed by atoms with Crippen molar-refractivity contribution in [1.82, 2.24) is 9.78 Å². The molecule has 1 aromatic heterocycles. The van der Waals surface area contributed by atoms with Gasteiger partial charge in [0, 0.05) is 4.47 Å². The van der Waals surface area contributed by atoms with Crippen LogP contribution in [0.25, 0.3) is 5.69 Å². The number of ketones is 1. The molecule has 1 heterocycles. The van der Waals surface area contributed by atoms with E-state index in [9.17, 15) is 24.3 Å². The number of carbonyl (C=O) groups is 4. The quantitative estimate of drug-likeness (QED) is 0.572. The Kier molecular flexibility index (Phi) is 5.24. The number of halogens is 1. The van der Waals surface area contributed by atoms with Gasteiger partial charge >= 0.3 is 5.97 Å². The molecule has 0 fully saturated rings. The van der Waals surface area contributed by atoms with E-state index < -0.39 is 24.0 Å². The fourth-order valence-electron chi connectivity index (χ4n) is 2.02. The van der Waals surface area contributed by atoms with Crippen molar-refractivity contribution in [1.29, 1.82) is 0 Å². The molecule has 0 atom stereocenters. The van der Waals surface area contributed by atoms with E-state index in [0.29, 0.717) is 16.4 Å². The molecule has 0 spiro atoms. The number of amides is 1. The molecule has 0 bridgehead atoms. The molecule has 0 saturated carbocycles. The highest BCUT2D eigenvalue weighted by Gasteiger charge is 2.24. The van der Waals surface area contributed by atoms with Gasteiger partial charge in [0.25, 0.3) is 0 Å². The van der Waals surface area contributed by atoms with Crippen molar-refractivity contribution in [3.05, 3.63) is 40.0 Å². The molecule has 0 aliphatic rings. The number of carbonyl (C=O) groups excluding carboxylic acids is 3. The summed E-state index contributed by atoms with van der Waals surface area (Å²) < 4.78 is 1.83. The average molecular weight is 394 g/mol. The number of Topliss-reactive ketones (excluding diaryl/α,β-unsaturated/α-hetero) is 1. The molecule has 2 rings (SSSR count). The van der Waals surface area contributed by atoms with Gasteiger partial charge in [0.05, 0.1) is 17.7 Å². The third kappa shape index (κ3) is 3.74. The Hall–Kier alpha value is -2.81. The lowest BCUT2D eigenvalue weighted by Gasteiger charge is -2.09. The summed E-state index contributed by atoms with van der Waals surface area (Å²) in [4.78, 5) is 45.6. The van der Waals surface area contributed by atoms with E-state index in [1.165, 1.54) is 6.92 Å². The summed E-state index contributed by atoms with van der Waals surface area (Å²) in [6.07, 6.45) is -0.0985. The van der Waals surface area contributed by atoms with Crippen LogP contribution in [0.15, 0.2) is 28.7 Å². The SMILES string of the molecule is CC(=O)CC(=O)Nc1c(C=O)c(C(=O)O)nn1-c1cccc(Br)c1. The number of aromatic nitrogens is 2. The summed E-state index contributed by atoms with van der Waals surface area (Å²) in [6.45, 7) is 1.24. The predicted molar refractivity (Wildman–Crippen MR) is 87.5 cm³/mol. The first-order valence-electron chi connectivity index (χ1n) is 6.70. The van der Waals surface area contributed by atoms with Gasteiger partial charge in [-0.1, -0.05) is 22.0 Å². The molecule has 2 aromatic rings. The third-order valence-corrected chi connectivity index (χ3v) is 3.46. The van der Waals surface area contributed by atoms with Gasteiger partial charge in [0.1, 0.15) is 11.6 Å². The Morgan fingerprint density at radius 2 is 2.08 bits per heavy atom. The van der Waals surface area contributed by atoms with Crippen LogP contribution < -0.4 is 5.32 Å². The van der Waals surface area contributed by atoms with E-state index in [1.54, 1.807) is 24.3 Å². The van der Waals surface area contributed by atoms with Crippen LogP contribution >= 0.6 is 15.9 Å². The van der Waals surface area contributed by atoms with E-state index in [4.69, 9.17) is 0 Å². The molecule has 0 unspecified atom stereocenters. The first-order chi connectivity index (χ1) is 11.3. The molecule has 0 saturated heterocycles. The van der Waals surface area contributed by atoms with Gasteiger partial charge in [-0.3, -0.25) is 14.4 Å². The number of carboxylic acid groups (broad SMARTS) is 1. The number of anilines is 1. The van der Waals surface area contributed by atoms with Crippen LogP contribution in [0.2, 0.25) is 0 Å². The Balaban J connectivity index is 2.60. The lowest BCUT2D eigenvalue weighted by Crippen LogP contribution is -2.18. The number of rotatable bonds is 6. The zero-order valence-electron chi connectivity index (χ0n) is 12.4. The molecule has 124 valence electrons. The maximum Gasteiger partial charge on any atom is 0.357 e. The van der Waals surface area contributed by atoms with Crippen molar-refractivity contribution in [3.8, 4) is 5.69 Å². The first kappa shape index (κ1) is 17.5. The second kappa shape index (κ2) is 7.18. The van der Waals surface area contributed by atoms with E-state index >= 15 is 0 Å². The maximum absolute atomic E-state index is 11.9. The number of hydrogen-bond donors (Lipinski definition) is 2. The molecule has 1 aromatic carbocycles. The summed E-state index contributed by atoms with van der Waals surface area (Å²) in [6, 6.07) is 6.69. The van der Waals surface area contributed by atoms with Crippen molar-refractivity contribution in [2.75, 3.05) is 5.32 Å². The van der Waals surface area contributed by atoms with Gasteiger partial charge < -0.3 is 10.4 Å². The zero-order valence-corrected chi connectivity index (χ0v) is 14.0. The van der Waals surface area contributed by atoms with Crippen molar-refractivity contribution >= 4 is 45.7 Å². The van der Waals surface area contributed by atoms with Crippen LogP contribution in [0.3, 0.4) is 0 Å². The highest BCUT2D eigenvalue weighted by atomic mass is 79.9. The van der Waals surface area contributed by atoms with Gasteiger partial charge in [-0.2, -0.15) is 5.10 Å². The molecular formula is C15H12BrN3O5. The molecule has 0 radical (unpaired) electrons. The van der Waals surface area contributed by atoms with Crippen LogP contribution in [-0.4, -0.2) is 38.8 Å². The average Bonchev–Trinajstić information content (AvgIpc) is 2.84. The Bertz CT molecular complexity index is 844. The lowest BCUT2D eigenvalue weighted by molar-refractivity contribution is -0.124. The summed E-state index contributed by atoms with van der Waals surface area (Å²) in [5.41, 5.74) is -0.347. The van der Waals surface area contributed by atoms with Crippen molar-refractivity contribution < 1.29 is 24.3 Å². The Morgan fingerprint density at radius 3 is 2.62 bits per heavy atom. The monoisotopic (exact) mass is 393 g/mol. The number of carboxylic acids is 1. The van der Waals surface area contributed by atoms with Crippen LogP contribution in [0, 0.1) is 0 Å². The Labute approximate surface area is 144 Å². The van der Waals surface area contributed by atoms with Crippen LogP contribution in [0.5, 0.6) is 0 Å². The predicted octanol–water partition coefficient (Wildman–Crippen LogP) is 2.06. The van der Waals surface area contributed by atoms with Crippen LogP contribution in [0.1, 0.15) is 34.2 Å². The summed E-state index contributed by atoms with van der Waals surface area (Å²) in [7, 11) is 0. The number of nitrogens with zero attached hydrogens (tertiary/aromatic N) is 2. The highest BCUT2D eigenvalue weighted by molar-refractivity contribution is 9.10. The minimum absolute atomic E-state index is 0.105. The van der Waals surface area contributed by atoms with E-state index in [-0.39, 0.29) is 17.2 Å². The maximum atomic E-state index is 11.9. The lowest BCUT2D eigenvalue weighted by atomic mass is 10.2. The van der Waals surface area contributed by atoms with E-state index in [2.05, 4.69) is 26.3 Å². The number of benzene rings is 1. The first-order valence-corrected chi connectivity index (χ1v) is 7.49. The van der Waals surface area contributed by atoms with E-state index in [0.717, 1.165) is 4.68 Å². The minimum atomic E-state index is -1.41. The smallest absolute Gasteiger partial charge is 0.357 e. The highest BCUT2D eigenvalue weighted by Crippen LogP contribution is 2.25. The summed E-state index contributed by atoms with van der Waals surface area (Å²) in [5.74, 6) is -2.55. The van der Waals surface area contributed by atoms with Crippen LogP contribution in [0.4, 0.5) is 5.82 Å². The summed E-state index contributed by atoms with van der Waals surface area (Å²) in [5, 5.41) is 15.5. The molecule has 0 aliphatic carbocycles. The van der Waals surface area contributed by atoms with Gasteiger partial charge in [-0.15, -0.1) is 0 Å². The zero-order chi connectivity index (χ0) is 17.9. The Morgan fingerprint density at radius 1 is 1.38 bits per heavy atom. The molecule has 0 aliphatic heterocycles. The fourth-order valence-corrected chi connectivity index (χ4v) is 2.40. The normalized spacial score (nSPS) is 10.2. The van der Waals surface area contributed by atoms with Crippen molar-refractivity contribution in [3.63, 3.8) is 0 Å². The topological polar surface area (TPSA) is 118 Å². The molecule has 2 N–H and O–H groups in total. The standard InChI is InChI=1S/C15H12BrN3O5/c1-8(21)5-12(22)17-14-11(7-20)13(15(23)24)18-19(14)10-4-2-3-9(16)6-10/h2-4,6-7H,5H2,1H3,(H,17,22)(H,23,24). The molecule has 1 amide bonds. The molecule has 9 heteroatoms. The number of aromatic carboxylic acids is 1. The third-order valence-electron chi connectivity index (χ3n) is 2.96. The van der Waals surface area contributed by atoms with Crippen molar-refractivity contribution in [2.45, 2.75) is 13.3 Å². The van der Waals surface area contributed by atoms with E-state index in [1.807, 2.05) is 0 Å². The number of nitrogens with one attached hydrogen (secondary N) is 1. The largest absolute Gasteiger partial charge is 0.476 e. The van der Waals surface area contributed by atoms with Crippen molar-refractivity contribution in [2.24, 2.45) is 0 Å². The van der Waals surface area contributed by atoms with Gasteiger partial charge in [0.2, 0.25) is 5.91 Å². The van der Waals surface area contributed by atoms with Gasteiger partial charge in [-0.25, -0.2) is 9.48 Å². The van der Waals surface area contributed by atoms with Gasteiger partial charge in [-0.05, 0) is 25.1 Å². The minimum Gasteiger partial charge on any atom is -0.476 e. The second-order valence-electron chi connectivity index (χ2n) is 4.85. The number of aldehydes is 1. The molecular weight excluding hydrogens is 382 g/mol. The number of hydrogen-bond acceptors (Lipinski definition) is 5. The fraction of sp³-hybridized carbons (Fsp3) is 0.133.